The van der Waals surface area contributed by atoms with Gasteiger partial charge in [-0.05, 0) is 89.9 Å². The Labute approximate surface area is 528 Å². The molecular formula is C69H124O16P2. The van der Waals surface area contributed by atoms with Crippen LogP contribution in [0.5, 0.6) is 0 Å². The van der Waals surface area contributed by atoms with Crippen molar-refractivity contribution in [3.8, 4) is 0 Å². The minimum Gasteiger partial charge on any atom is -0.463 e. The first kappa shape index (κ1) is 84.0. The van der Waals surface area contributed by atoms with Crippen LogP contribution < -0.4 is 0 Å². The summed E-state index contributed by atoms with van der Waals surface area (Å²) in [6.07, 6.45) is 65.5. The largest absolute Gasteiger partial charge is 0.472 e. The van der Waals surface area contributed by atoms with Crippen LogP contribution in [0.2, 0.25) is 0 Å². The fourth-order valence-corrected chi connectivity index (χ4v) is 10.7. The summed E-state index contributed by atoms with van der Waals surface area (Å²) in [6.45, 7) is 2.56. The van der Waals surface area contributed by atoms with Gasteiger partial charge in [-0.15, -0.1) is 0 Å². The van der Waals surface area contributed by atoms with Crippen molar-refractivity contribution in [2.75, 3.05) is 39.6 Å². The Morgan fingerprint density at radius 1 is 0.322 bits per heavy atom. The number of allylic oxidation sites excluding steroid dienone is 12. The number of carbonyl (C=O) groups is 3. The Balaban J connectivity index is 4.42. The summed E-state index contributed by atoms with van der Waals surface area (Å²) in [4.78, 5) is 58.2. The molecule has 0 aliphatic heterocycles. The molecule has 0 fully saturated rings. The van der Waals surface area contributed by atoms with Crippen molar-refractivity contribution >= 4 is 33.6 Å². The molecule has 0 heterocycles. The molecule has 0 aromatic heterocycles. The monoisotopic (exact) mass is 1270 g/mol. The van der Waals surface area contributed by atoms with Crippen LogP contribution in [0.15, 0.2) is 72.9 Å². The molecule has 0 saturated heterocycles. The number of aliphatic hydroxyl groups is 2. The van der Waals surface area contributed by atoms with E-state index in [0.717, 1.165) is 122 Å². The second-order valence-electron chi connectivity index (χ2n) is 23.0. The van der Waals surface area contributed by atoms with Gasteiger partial charge >= 0.3 is 33.6 Å². The van der Waals surface area contributed by atoms with Crippen LogP contribution in [0.3, 0.4) is 0 Å². The minimum absolute atomic E-state index is 0.106. The third-order valence-electron chi connectivity index (χ3n) is 14.4. The first-order chi connectivity index (χ1) is 42.2. The zero-order valence-corrected chi connectivity index (χ0v) is 56.5. The summed E-state index contributed by atoms with van der Waals surface area (Å²) in [6, 6.07) is 0. The van der Waals surface area contributed by atoms with Crippen LogP contribution in [0, 0.1) is 0 Å². The Kier molecular flexibility index (Phi) is 61.0. The highest BCUT2D eigenvalue weighted by Gasteiger charge is 2.29. The zero-order valence-electron chi connectivity index (χ0n) is 54.7. The van der Waals surface area contributed by atoms with Gasteiger partial charge in [0.1, 0.15) is 25.4 Å². The van der Waals surface area contributed by atoms with E-state index in [9.17, 15) is 43.5 Å². The van der Waals surface area contributed by atoms with Crippen molar-refractivity contribution < 1.29 is 75.8 Å². The van der Waals surface area contributed by atoms with E-state index in [1.165, 1.54) is 109 Å². The molecule has 5 atom stereocenters. The number of phosphoric ester groups is 2. The number of phosphoric acid groups is 2. The molecule has 0 saturated carbocycles. The average molecular weight is 1270 g/mol. The molecule has 16 nitrogen and oxygen atoms in total. The summed E-state index contributed by atoms with van der Waals surface area (Å²) in [7, 11) is -9.76. The number of hydrogen-bond acceptors (Lipinski definition) is 14. The average Bonchev–Trinajstić information content (AvgIpc) is 3.57. The molecule has 87 heavy (non-hydrogen) atoms. The Morgan fingerprint density at radius 3 is 0.977 bits per heavy atom. The number of aliphatic hydroxyl groups excluding tert-OH is 2. The van der Waals surface area contributed by atoms with E-state index in [1.54, 1.807) is 0 Å². The van der Waals surface area contributed by atoms with Crippen molar-refractivity contribution in [2.45, 2.75) is 309 Å². The molecule has 0 spiro atoms. The maximum absolute atomic E-state index is 12.8. The fraction of sp³-hybridized carbons (Fsp3) is 0.783. The van der Waals surface area contributed by atoms with Gasteiger partial charge in [0.05, 0.1) is 26.4 Å². The van der Waals surface area contributed by atoms with Gasteiger partial charge in [-0.1, -0.05) is 254 Å². The van der Waals surface area contributed by atoms with Gasteiger partial charge in [0, 0.05) is 19.3 Å². The molecule has 0 amide bonds. The number of unbranched alkanes of at least 4 members (excludes halogenated alkanes) is 30. The van der Waals surface area contributed by atoms with Gasteiger partial charge < -0.3 is 34.2 Å². The Hall–Kier alpha value is -3.01. The zero-order chi connectivity index (χ0) is 63.8. The lowest BCUT2D eigenvalue weighted by Crippen LogP contribution is -2.30. The predicted octanol–water partition coefficient (Wildman–Crippen LogP) is 18.8. The van der Waals surface area contributed by atoms with E-state index in [-0.39, 0.29) is 19.3 Å². The predicted molar refractivity (Wildman–Crippen MR) is 353 cm³/mol. The van der Waals surface area contributed by atoms with E-state index in [0.29, 0.717) is 19.3 Å². The highest BCUT2D eigenvalue weighted by molar-refractivity contribution is 7.47. The van der Waals surface area contributed by atoms with E-state index >= 15 is 0 Å². The topological polar surface area (TPSA) is 231 Å². The van der Waals surface area contributed by atoms with Crippen LogP contribution in [0.25, 0.3) is 0 Å². The molecular weight excluding hydrogens is 1150 g/mol. The first-order valence-corrected chi connectivity index (χ1v) is 37.2. The molecule has 4 N–H and O–H groups in total. The normalized spacial score (nSPS) is 14.7. The molecule has 0 radical (unpaired) electrons. The van der Waals surface area contributed by atoms with Crippen LogP contribution in [0.4, 0.5) is 0 Å². The molecule has 0 aliphatic rings. The summed E-state index contributed by atoms with van der Waals surface area (Å²) in [5.41, 5.74) is 0. The quantitative estimate of drug-likeness (QED) is 0.0146. The minimum atomic E-state index is -4.91. The maximum atomic E-state index is 12.8. The second kappa shape index (κ2) is 63.2. The van der Waals surface area contributed by atoms with Gasteiger partial charge in [-0.2, -0.15) is 0 Å². The number of hydrogen-bond donors (Lipinski definition) is 4. The molecule has 506 valence electrons. The Morgan fingerprint density at radius 2 is 0.598 bits per heavy atom. The maximum Gasteiger partial charge on any atom is 0.472 e. The van der Waals surface area contributed by atoms with E-state index in [1.807, 2.05) is 0 Å². The van der Waals surface area contributed by atoms with E-state index in [4.69, 9.17) is 32.3 Å². The van der Waals surface area contributed by atoms with Crippen LogP contribution in [0.1, 0.15) is 290 Å². The molecule has 0 rings (SSSR count). The van der Waals surface area contributed by atoms with Gasteiger partial charge in [-0.25, -0.2) is 9.13 Å². The third kappa shape index (κ3) is 64.3. The summed E-state index contributed by atoms with van der Waals surface area (Å²) in [5.74, 6) is -1.59. The standard InChI is InChI=1S/C69H124O16P2/c1-4-7-10-13-16-19-22-24-25-26-27-28-29-30-31-32-33-34-35-36-37-39-42-43-46-49-52-55-67(72)79-58-64(70)59-81-86(75,76)82-60-65(71)61-83-87(77,78)84-63-66(85-69(74)57-54-51-48-45-40-21-18-15-12-9-6-3)62-80-68(73)56-53-50-47-44-41-38-23-20-17-14-11-8-5-2/h11,14,16,19-20,23-25,27-28,30-31,64-66,70-71H,4-10,12-13,15,17-18,21-22,26,29,32-63H2,1-3H3,(H,75,76)(H,77,78)/b14-11-,19-16-,23-20-,25-24-,28-27-,31-30-. The molecule has 0 aromatic carbocycles. The Bertz CT molecular complexity index is 1880. The molecule has 0 bridgehead atoms. The van der Waals surface area contributed by atoms with Gasteiger partial charge in [-0.3, -0.25) is 32.5 Å². The number of carbonyl (C=O) groups excluding carboxylic acids is 3. The van der Waals surface area contributed by atoms with E-state index in [2.05, 4.69) is 93.7 Å². The van der Waals surface area contributed by atoms with Crippen LogP contribution in [-0.4, -0.2) is 95.9 Å². The highest BCUT2D eigenvalue weighted by Crippen LogP contribution is 2.45. The number of rotatable bonds is 65. The van der Waals surface area contributed by atoms with Gasteiger partial charge in [0.25, 0.3) is 0 Å². The van der Waals surface area contributed by atoms with Crippen LogP contribution >= 0.6 is 15.6 Å². The second-order valence-corrected chi connectivity index (χ2v) is 25.9. The lowest BCUT2D eigenvalue weighted by molar-refractivity contribution is -0.161. The summed E-state index contributed by atoms with van der Waals surface area (Å²) in [5, 5.41) is 20.5. The van der Waals surface area contributed by atoms with Crippen LogP contribution in [-0.2, 0) is 55.8 Å². The smallest absolute Gasteiger partial charge is 0.463 e. The molecule has 5 unspecified atom stereocenters. The number of esters is 3. The molecule has 0 aromatic rings. The van der Waals surface area contributed by atoms with Gasteiger partial charge in [0.2, 0.25) is 0 Å². The molecule has 18 heteroatoms. The highest BCUT2D eigenvalue weighted by atomic mass is 31.2. The van der Waals surface area contributed by atoms with Crippen molar-refractivity contribution in [3.63, 3.8) is 0 Å². The van der Waals surface area contributed by atoms with Crippen molar-refractivity contribution in [1.29, 1.82) is 0 Å². The van der Waals surface area contributed by atoms with Crippen molar-refractivity contribution in [3.05, 3.63) is 72.9 Å². The lowest BCUT2D eigenvalue weighted by atomic mass is 10.0. The molecule has 0 aliphatic carbocycles. The van der Waals surface area contributed by atoms with E-state index < -0.39 is 91.5 Å². The fourth-order valence-electron chi connectivity index (χ4n) is 9.12. The summed E-state index contributed by atoms with van der Waals surface area (Å²) < 4.78 is 60.7. The third-order valence-corrected chi connectivity index (χ3v) is 16.3. The first-order valence-electron chi connectivity index (χ1n) is 34.2. The summed E-state index contributed by atoms with van der Waals surface area (Å²) >= 11 is 0. The SMILES string of the molecule is CCC/C=C\C/C=C\CCCCCCCC(=O)OCC(COP(=O)(O)OCC(O)COP(=O)(O)OCC(O)COC(=O)CCCCCCCCCCCCC/C=C\C/C=C\C/C=C\C/C=C\CCCCC)OC(=O)CCCCCCCCCCCCC. The lowest BCUT2D eigenvalue weighted by Gasteiger charge is -2.21. The van der Waals surface area contributed by atoms with Crippen molar-refractivity contribution in [2.24, 2.45) is 0 Å². The van der Waals surface area contributed by atoms with Crippen molar-refractivity contribution in [1.82, 2.24) is 0 Å². The van der Waals surface area contributed by atoms with Gasteiger partial charge in [0.15, 0.2) is 6.10 Å². The number of ether oxygens (including phenoxy) is 3.